The van der Waals surface area contributed by atoms with E-state index in [0.717, 1.165) is 0 Å². The predicted molar refractivity (Wildman–Crippen MR) is 41.9 cm³/mol. The normalized spacial score (nSPS) is 12.4. The standard InChI is InChI=1S/C4H2Cl4O2/c5-1(3(7)8)2(6)4(9)10/h2H,(H,9,10). The number of halogens is 4. The van der Waals surface area contributed by atoms with E-state index in [4.69, 9.17) is 51.5 Å². The third-order valence-electron chi connectivity index (χ3n) is 0.620. The number of rotatable bonds is 2. The summed E-state index contributed by atoms with van der Waals surface area (Å²) in [6.07, 6.45) is 0. The van der Waals surface area contributed by atoms with Crippen LogP contribution < -0.4 is 0 Å². The summed E-state index contributed by atoms with van der Waals surface area (Å²) in [5.41, 5.74) is 0. The second-order valence-corrected chi connectivity index (χ2v) is 3.10. The van der Waals surface area contributed by atoms with Gasteiger partial charge in [-0.15, -0.1) is 11.6 Å². The third-order valence-corrected chi connectivity index (χ3v) is 2.14. The quantitative estimate of drug-likeness (QED) is 0.731. The highest BCUT2D eigenvalue weighted by Crippen LogP contribution is 2.24. The van der Waals surface area contributed by atoms with Crippen molar-refractivity contribution in [3.8, 4) is 0 Å². The highest BCUT2D eigenvalue weighted by Gasteiger charge is 2.19. The number of aliphatic carboxylic acids is 1. The van der Waals surface area contributed by atoms with Crippen LogP contribution in [0, 0.1) is 0 Å². The predicted octanol–water partition coefficient (Wildman–Crippen LogP) is 2.56. The van der Waals surface area contributed by atoms with Gasteiger partial charge in [0.15, 0.2) is 5.38 Å². The van der Waals surface area contributed by atoms with Crippen LogP contribution in [0.25, 0.3) is 0 Å². The molecule has 6 heteroatoms. The fraction of sp³-hybridized carbons (Fsp3) is 0.250. The Balaban J connectivity index is 4.37. The van der Waals surface area contributed by atoms with Gasteiger partial charge in [0.1, 0.15) is 4.49 Å². The van der Waals surface area contributed by atoms with Gasteiger partial charge in [-0.25, -0.2) is 0 Å². The number of carboxylic acid groups (broad SMARTS) is 1. The van der Waals surface area contributed by atoms with Crippen LogP contribution in [-0.2, 0) is 4.79 Å². The molecule has 58 valence electrons. The van der Waals surface area contributed by atoms with Gasteiger partial charge in [-0.1, -0.05) is 34.8 Å². The summed E-state index contributed by atoms with van der Waals surface area (Å²) in [6.45, 7) is 0. The molecular weight excluding hydrogens is 222 g/mol. The first kappa shape index (κ1) is 10.4. The zero-order chi connectivity index (χ0) is 8.31. The van der Waals surface area contributed by atoms with Crippen LogP contribution >= 0.6 is 46.4 Å². The average Bonchev–Trinajstić information content (AvgIpc) is 1.84. The van der Waals surface area contributed by atoms with E-state index in [0.29, 0.717) is 0 Å². The molecule has 2 nitrogen and oxygen atoms in total. The van der Waals surface area contributed by atoms with E-state index in [1.54, 1.807) is 0 Å². The van der Waals surface area contributed by atoms with E-state index in [1.807, 2.05) is 0 Å². The number of hydrogen-bond donors (Lipinski definition) is 1. The van der Waals surface area contributed by atoms with Crippen LogP contribution in [0.3, 0.4) is 0 Å². The Hall–Kier alpha value is 0.370. The largest absolute Gasteiger partial charge is 0.480 e. The molecule has 0 saturated heterocycles. The first-order valence-electron chi connectivity index (χ1n) is 2.04. The molecule has 0 bridgehead atoms. The number of carbonyl (C=O) groups is 1. The summed E-state index contributed by atoms with van der Waals surface area (Å²) in [6, 6.07) is 0. The lowest BCUT2D eigenvalue weighted by atomic mass is 10.4. The molecule has 0 aliphatic rings. The fourth-order valence-electron chi connectivity index (χ4n) is 0.204. The molecule has 0 radical (unpaired) electrons. The SMILES string of the molecule is O=C(O)C(Cl)C(Cl)=C(Cl)Cl. The molecule has 0 aromatic heterocycles. The highest BCUT2D eigenvalue weighted by atomic mass is 35.5. The minimum absolute atomic E-state index is 0.280. The van der Waals surface area contributed by atoms with Gasteiger partial charge in [0.2, 0.25) is 0 Å². The molecule has 0 saturated carbocycles. The molecule has 0 heterocycles. The molecule has 10 heavy (non-hydrogen) atoms. The van der Waals surface area contributed by atoms with Crippen LogP contribution in [0.5, 0.6) is 0 Å². The van der Waals surface area contributed by atoms with E-state index in [-0.39, 0.29) is 9.52 Å². The van der Waals surface area contributed by atoms with Crippen molar-refractivity contribution in [1.29, 1.82) is 0 Å². The molecule has 0 aliphatic heterocycles. The molecule has 1 atom stereocenters. The van der Waals surface area contributed by atoms with Crippen molar-refractivity contribution >= 4 is 52.4 Å². The minimum Gasteiger partial charge on any atom is -0.480 e. The van der Waals surface area contributed by atoms with Crippen LogP contribution in [0.2, 0.25) is 0 Å². The maximum atomic E-state index is 10.1. The lowest BCUT2D eigenvalue weighted by Gasteiger charge is -2.00. The van der Waals surface area contributed by atoms with Crippen molar-refractivity contribution in [2.24, 2.45) is 0 Å². The molecule has 0 aromatic rings. The molecule has 0 amide bonds. The lowest BCUT2D eigenvalue weighted by Crippen LogP contribution is -2.13. The van der Waals surface area contributed by atoms with Crippen molar-refractivity contribution in [2.75, 3.05) is 0 Å². The topological polar surface area (TPSA) is 37.3 Å². The summed E-state index contributed by atoms with van der Waals surface area (Å²) in [5, 5.41) is 6.58. The van der Waals surface area contributed by atoms with Gasteiger partial charge in [-0.05, 0) is 0 Å². The summed E-state index contributed by atoms with van der Waals surface area (Å²) in [7, 11) is 0. The van der Waals surface area contributed by atoms with Crippen LogP contribution in [0.1, 0.15) is 0 Å². The number of carboxylic acids is 1. The van der Waals surface area contributed by atoms with Gasteiger partial charge in [0.25, 0.3) is 0 Å². The Bertz CT molecular complexity index is 172. The molecule has 1 unspecified atom stereocenters. The Morgan fingerprint density at radius 2 is 1.70 bits per heavy atom. The van der Waals surface area contributed by atoms with E-state index < -0.39 is 11.3 Å². The van der Waals surface area contributed by atoms with E-state index >= 15 is 0 Å². The monoisotopic (exact) mass is 222 g/mol. The summed E-state index contributed by atoms with van der Waals surface area (Å²) < 4.78 is -0.330. The zero-order valence-electron chi connectivity index (χ0n) is 4.44. The molecule has 0 spiro atoms. The Morgan fingerprint density at radius 3 is 1.80 bits per heavy atom. The summed E-state index contributed by atoms with van der Waals surface area (Å²) in [4.78, 5) is 10.1. The van der Waals surface area contributed by atoms with Crippen LogP contribution in [0.15, 0.2) is 9.52 Å². The van der Waals surface area contributed by atoms with Gasteiger partial charge < -0.3 is 5.11 Å². The second kappa shape index (κ2) is 4.29. The van der Waals surface area contributed by atoms with Gasteiger partial charge in [0.05, 0.1) is 5.03 Å². The molecule has 0 fully saturated rings. The fourth-order valence-corrected chi connectivity index (χ4v) is 0.737. The molecule has 0 aliphatic carbocycles. The van der Waals surface area contributed by atoms with E-state index in [1.165, 1.54) is 0 Å². The molecule has 0 rings (SSSR count). The second-order valence-electron chi connectivity index (χ2n) is 1.31. The summed E-state index contributed by atoms with van der Waals surface area (Å²) >= 11 is 20.7. The Morgan fingerprint density at radius 1 is 1.30 bits per heavy atom. The zero-order valence-corrected chi connectivity index (χ0v) is 7.47. The van der Waals surface area contributed by atoms with Crippen molar-refractivity contribution in [1.82, 2.24) is 0 Å². The number of alkyl halides is 1. The molecule has 0 aromatic carbocycles. The Kier molecular flexibility index (Phi) is 4.45. The molecule has 1 N–H and O–H groups in total. The minimum atomic E-state index is -1.37. The van der Waals surface area contributed by atoms with Gasteiger partial charge in [-0.2, -0.15) is 0 Å². The van der Waals surface area contributed by atoms with Crippen LogP contribution in [-0.4, -0.2) is 16.5 Å². The average molecular weight is 224 g/mol. The smallest absolute Gasteiger partial charge is 0.327 e. The van der Waals surface area contributed by atoms with Crippen molar-refractivity contribution in [3.05, 3.63) is 9.52 Å². The first-order valence-corrected chi connectivity index (χ1v) is 3.61. The maximum Gasteiger partial charge on any atom is 0.327 e. The van der Waals surface area contributed by atoms with Crippen molar-refractivity contribution in [2.45, 2.75) is 5.38 Å². The van der Waals surface area contributed by atoms with Gasteiger partial charge in [0, 0.05) is 0 Å². The van der Waals surface area contributed by atoms with Crippen LogP contribution in [0.4, 0.5) is 0 Å². The first-order chi connectivity index (χ1) is 4.46. The third kappa shape index (κ3) is 2.97. The molecular formula is C4H2Cl4O2. The van der Waals surface area contributed by atoms with Crippen molar-refractivity contribution < 1.29 is 9.90 Å². The van der Waals surface area contributed by atoms with Gasteiger partial charge in [-0.3, -0.25) is 4.79 Å². The highest BCUT2D eigenvalue weighted by molar-refractivity contribution is 6.61. The van der Waals surface area contributed by atoms with Gasteiger partial charge >= 0.3 is 5.97 Å². The van der Waals surface area contributed by atoms with E-state index in [9.17, 15) is 4.79 Å². The lowest BCUT2D eigenvalue weighted by molar-refractivity contribution is -0.135. The Labute approximate surface area is 77.3 Å². The van der Waals surface area contributed by atoms with E-state index in [2.05, 4.69) is 0 Å². The summed E-state index contributed by atoms with van der Waals surface area (Å²) in [5.74, 6) is -1.29. The maximum absolute atomic E-state index is 10.1. The van der Waals surface area contributed by atoms with Crippen molar-refractivity contribution in [3.63, 3.8) is 0 Å². The number of hydrogen-bond acceptors (Lipinski definition) is 1.